The minimum Gasteiger partial charge on any atom is -0.478 e. The summed E-state index contributed by atoms with van der Waals surface area (Å²) in [4.78, 5) is 22.4. The van der Waals surface area contributed by atoms with Crippen molar-refractivity contribution in [1.29, 1.82) is 0 Å². The summed E-state index contributed by atoms with van der Waals surface area (Å²) in [6.07, 6.45) is 1.04. The molecule has 0 atom stereocenters. The van der Waals surface area contributed by atoms with Crippen LogP contribution in [0.5, 0.6) is 0 Å². The lowest BCUT2D eigenvalue weighted by Crippen LogP contribution is -2.23. The van der Waals surface area contributed by atoms with Crippen LogP contribution < -0.4 is 5.73 Å². The van der Waals surface area contributed by atoms with E-state index < -0.39 is 11.6 Å². The van der Waals surface area contributed by atoms with E-state index >= 15 is 0 Å². The molecule has 0 aliphatic rings. The van der Waals surface area contributed by atoms with Crippen LogP contribution in [0, 0.1) is 0 Å². The zero-order chi connectivity index (χ0) is 14.3. The van der Waals surface area contributed by atoms with Gasteiger partial charge in [-0.3, -0.25) is 4.79 Å². The van der Waals surface area contributed by atoms with E-state index in [0.717, 1.165) is 0 Å². The summed E-state index contributed by atoms with van der Waals surface area (Å²) in [7, 11) is 0. The highest BCUT2D eigenvalue weighted by atomic mass is 16.6. The first-order valence-electron chi connectivity index (χ1n) is 6.01. The number of aliphatic carboxylic acids is 1. The molecule has 104 valence electrons. The minimum atomic E-state index is -0.970. The Balaban J connectivity index is 4.51. The number of esters is 1. The third kappa shape index (κ3) is 7.06. The number of nitrogens with two attached hydrogens (primary N) is 1. The molecule has 0 spiro atoms. The highest BCUT2D eigenvalue weighted by Crippen LogP contribution is 2.17. The maximum absolute atomic E-state index is 11.5. The van der Waals surface area contributed by atoms with Crippen LogP contribution in [0.15, 0.2) is 11.1 Å². The molecule has 0 aromatic carbocycles. The molecule has 5 heteroatoms. The lowest BCUT2D eigenvalue weighted by Gasteiger charge is -2.19. The van der Waals surface area contributed by atoms with Crippen molar-refractivity contribution in [3.8, 4) is 0 Å². The second kappa shape index (κ2) is 7.16. The highest BCUT2D eigenvalue weighted by molar-refractivity contribution is 5.87. The van der Waals surface area contributed by atoms with E-state index in [1.54, 1.807) is 20.8 Å². The number of carboxylic acids is 1. The maximum Gasteiger partial charge on any atom is 0.331 e. The summed E-state index contributed by atoms with van der Waals surface area (Å²) in [6.45, 7) is 7.29. The zero-order valence-corrected chi connectivity index (χ0v) is 11.6. The van der Waals surface area contributed by atoms with Crippen LogP contribution in [0.4, 0.5) is 0 Å². The minimum absolute atomic E-state index is 0.178. The molecule has 0 fully saturated rings. The molecular weight excluding hydrogens is 234 g/mol. The molecule has 0 amide bonds. The van der Waals surface area contributed by atoms with Crippen LogP contribution in [0.3, 0.4) is 0 Å². The van der Waals surface area contributed by atoms with Gasteiger partial charge >= 0.3 is 11.9 Å². The summed E-state index contributed by atoms with van der Waals surface area (Å²) in [5.41, 5.74) is 5.89. The monoisotopic (exact) mass is 257 g/mol. The lowest BCUT2D eigenvalue weighted by atomic mass is 10.0. The smallest absolute Gasteiger partial charge is 0.331 e. The van der Waals surface area contributed by atoms with Gasteiger partial charge in [0.05, 0.1) is 0 Å². The normalized spacial score (nSPS) is 12.9. The summed E-state index contributed by atoms with van der Waals surface area (Å²) in [6, 6.07) is 0. The van der Waals surface area contributed by atoms with Crippen molar-refractivity contribution in [2.75, 3.05) is 6.54 Å². The Bertz CT molecular complexity index is 339. The molecule has 0 saturated heterocycles. The van der Waals surface area contributed by atoms with Gasteiger partial charge < -0.3 is 15.6 Å². The average molecular weight is 257 g/mol. The van der Waals surface area contributed by atoms with Gasteiger partial charge in [0.1, 0.15) is 5.60 Å². The van der Waals surface area contributed by atoms with E-state index in [-0.39, 0.29) is 18.0 Å². The van der Waals surface area contributed by atoms with Gasteiger partial charge in [0.25, 0.3) is 0 Å². The Labute approximate surface area is 108 Å². The SMILES string of the molecule is C/C(C(=O)O)=C(\CCN)CCC(=O)OC(C)(C)C. The van der Waals surface area contributed by atoms with Gasteiger partial charge in [0, 0.05) is 12.0 Å². The average Bonchev–Trinajstić information content (AvgIpc) is 2.20. The van der Waals surface area contributed by atoms with Crippen molar-refractivity contribution in [1.82, 2.24) is 0 Å². The van der Waals surface area contributed by atoms with Crippen molar-refractivity contribution in [2.24, 2.45) is 5.73 Å². The lowest BCUT2D eigenvalue weighted by molar-refractivity contribution is -0.154. The third-order valence-corrected chi connectivity index (χ3v) is 2.35. The Kier molecular flexibility index (Phi) is 6.62. The standard InChI is InChI=1S/C13H23NO4/c1-9(12(16)17)10(7-8-14)5-6-11(15)18-13(2,3)4/h5-8,14H2,1-4H3,(H,16,17)/b10-9+. The summed E-state index contributed by atoms with van der Waals surface area (Å²) in [5, 5.41) is 8.92. The first-order valence-corrected chi connectivity index (χ1v) is 6.01. The molecular formula is C13H23NO4. The number of carbonyl (C=O) groups is 2. The van der Waals surface area contributed by atoms with Gasteiger partial charge in [-0.2, -0.15) is 0 Å². The molecule has 0 bridgehead atoms. The molecule has 0 aromatic heterocycles. The molecule has 0 radical (unpaired) electrons. The van der Waals surface area contributed by atoms with E-state index in [2.05, 4.69) is 0 Å². The molecule has 18 heavy (non-hydrogen) atoms. The Morgan fingerprint density at radius 3 is 2.11 bits per heavy atom. The number of hydrogen-bond donors (Lipinski definition) is 2. The molecule has 0 saturated carbocycles. The van der Waals surface area contributed by atoms with Crippen molar-refractivity contribution in [2.45, 2.75) is 52.6 Å². The number of hydrogen-bond acceptors (Lipinski definition) is 4. The summed E-state index contributed by atoms with van der Waals surface area (Å²) >= 11 is 0. The Morgan fingerprint density at radius 1 is 1.17 bits per heavy atom. The van der Waals surface area contributed by atoms with E-state index in [4.69, 9.17) is 15.6 Å². The highest BCUT2D eigenvalue weighted by Gasteiger charge is 2.17. The predicted octanol–water partition coefficient (Wildman–Crippen LogP) is 1.86. The number of carboxylic acid groups (broad SMARTS) is 1. The molecule has 3 N–H and O–H groups in total. The third-order valence-electron chi connectivity index (χ3n) is 2.35. The molecule has 0 unspecified atom stereocenters. The second-order valence-corrected chi connectivity index (χ2v) is 5.16. The van der Waals surface area contributed by atoms with Gasteiger partial charge in [-0.15, -0.1) is 0 Å². The molecule has 0 aliphatic heterocycles. The van der Waals surface area contributed by atoms with Crippen molar-refractivity contribution in [3.05, 3.63) is 11.1 Å². The van der Waals surface area contributed by atoms with Crippen LogP contribution in [-0.4, -0.2) is 29.2 Å². The molecule has 0 aliphatic carbocycles. The van der Waals surface area contributed by atoms with E-state index in [1.807, 2.05) is 0 Å². The topological polar surface area (TPSA) is 89.6 Å². The van der Waals surface area contributed by atoms with E-state index in [0.29, 0.717) is 25.0 Å². The number of rotatable bonds is 6. The summed E-state index contributed by atoms with van der Waals surface area (Å²) in [5.74, 6) is -1.29. The van der Waals surface area contributed by atoms with Crippen LogP contribution in [0.1, 0.15) is 47.0 Å². The fourth-order valence-corrected chi connectivity index (χ4v) is 1.47. The van der Waals surface area contributed by atoms with Crippen LogP contribution >= 0.6 is 0 Å². The van der Waals surface area contributed by atoms with Gasteiger partial charge in [-0.05, 0) is 47.1 Å². The second-order valence-electron chi connectivity index (χ2n) is 5.16. The first-order chi connectivity index (χ1) is 8.17. The maximum atomic E-state index is 11.5. The molecule has 0 aromatic rings. The fraction of sp³-hybridized carbons (Fsp3) is 0.692. The quantitative estimate of drug-likeness (QED) is 0.560. The van der Waals surface area contributed by atoms with Crippen molar-refractivity contribution >= 4 is 11.9 Å². The van der Waals surface area contributed by atoms with Gasteiger partial charge in [-0.1, -0.05) is 5.57 Å². The van der Waals surface area contributed by atoms with E-state index in [1.165, 1.54) is 6.92 Å². The predicted molar refractivity (Wildman–Crippen MR) is 69.1 cm³/mol. The fourth-order valence-electron chi connectivity index (χ4n) is 1.47. The Hall–Kier alpha value is -1.36. The molecule has 0 rings (SSSR count). The van der Waals surface area contributed by atoms with Gasteiger partial charge in [-0.25, -0.2) is 4.79 Å². The Morgan fingerprint density at radius 2 is 1.72 bits per heavy atom. The van der Waals surface area contributed by atoms with Crippen molar-refractivity contribution < 1.29 is 19.4 Å². The largest absolute Gasteiger partial charge is 0.478 e. The van der Waals surface area contributed by atoms with E-state index in [9.17, 15) is 9.59 Å². The summed E-state index contributed by atoms with van der Waals surface area (Å²) < 4.78 is 5.17. The van der Waals surface area contributed by atoms with Crippen LogP contribution in [0.25, 0.3) is 0 Å². The first kappa shape index (κ1) is 16.6. The number of ether oxygens (including phenoxy) is 1. The van der Waals surface area contributed by atoms with Crippen molar-refractivity contribution in [3.63, 3.8) is 0 Å². The van der Waals surface area contributed by atoms with Crippen LogP contribution in [0.2, 0.25) is 0 Å². The van der Waals surface area contributed by atoms with Gasteiger partial charge in [0.2, 0.25) is 0 Å². The zero-order valence-electron chi connectivity index (χ0n) is 11.6. The number of carbonyl (C=O) groups excluding carboxylic acids is 1. The van der Waals surface area contributed by atoms with Crippen LogP contribution in [-0.2, 0) is 14.3 Å². The van der Waals surface area contributed by atoms with Gasteiger partial charge in [0.15, 0.2) is 0 Å². The molecule has 5 nitrogen and oxygen atoms in total. The molecule has 0 heterocycles.